The second kappa shape index (κ2) is 6.13. The summed E-state index contributed by atoms with van der Waals surface area (Å²) in [5.74, 6) is -3.16. The highest BCUT2D eigenvalue weighted by molar-refractivity contribution is 8.00. The Kier molecular flexibility index (Phi) is 4.49. The molecule has 0 aromatic heterocycles. The lowest BCUT2D eigenvalue weighted by Gasteiger charge is -2.05. The molecule has 2 rings (SSSR count). The van der Waals surface area contributed by atoms with Crippen molar-refractivity contribution < 1.29 is 18.0 Å². The third kappa shape index (κ3) is 3.22. The molecule has 0 fully saturated rings. The molecular weight excluding hydrogens is 285 g/mol. The van der Waals surface area contributed by atoms with Crippen LogP contribution in [-0.4, -0.2) is 11.5 Å². The Morgan fingerprint density at radius 1 is 1.10 bits per heavy atom. The number of hydrogen-bond donors (Lipinski definition) is 0. The van der Waals surface area contributed by atoms with Gasteiger partial charge >= 0.3 is 0 Å². The van der Waals surface area contributed by atoms with E-state index in [1.807, 2.05) is 0 Å². The summed E-state index contributed by atoms with van der Waals surface area (Å²) < 4.78 is 40.0. The molecule has 0 aliphatic carbocycles. The zero-order valence-electron chi connectivity index (χ0n) is 10.6. The average molecular weight is 296 g/mol. The van der Waals surface area contributed by atoms with Crippen LogP contribution in [0.5, 0.6) is 0 Å². The molecule has 0 aliphatic heterocycles. The van der Waals surface area contributed by atoms with Crippen molar-refractivity contribution in [3.63, 3.8) is 0 Å². The minimum atomic E-state index is -1.13. The molecule has 0 amide bonds. The lowest BCUT2D eigenvalue weighted by Crippen LogP contribution is -2.07. The molecule has 0 N–H and O–H groups in total. The molecule has 0 saturated heterocycles. The van der Waals surface area contributed by atoms with Gasteiger partial charge < -0.3 is 0 Å². The molecule has 0 saturated carbocycles. The number of aryl methyl sites for hydroxylation is 1. The summed E-state index contributed by atoms with van der Waals surface area (Å²) >= 11 is 1.08. The van der Waals surface area contributed by atoms with Crippen molar-refractivity contribution in [2.75, 3.05) is 5.75 Å². The summed E-state index contributed by atoms with van der Waals surface area (Å²) in [6, 6.07) is 8.37. The molecule has 0 radical (unpaired) electrons. The van der Waals surface area contributed by atoms with E-state index in [4.69, 9.17) is 0 Å². The first kappa shape index (κ1) is 14.7. The van der Waals surface area contributed by atoms with Gasteiger partial charge in [0.15, 0.2) is 17.4 Å². The predicted molar refractivity (Wildman–Crippen MR) is 72.5 cm³/mol. The summed E-state index contributed by atoms with van der Waals surface area (Å²) in [4.78, 5) is 12.4. The van der Waals surface area contributed by atoms with Crippen LogP contribution in [0.25, 0.3) is 0 Å². The highest BCUT2D eigenvalue weighted by atomic mass is 32.2. The molecule has 0 aliphatic rings. The smallest absolute Gasteiger partial charge is 0.176 e. The average Bonchev–Trinajstić information content (AvgIpc) is 2.42. The largest absolute Gasteiger partial charge is 0.293 e. The Labute approximate surface area is 118 Å². The molecule has 2 aromatic carbocycles. The van der Waals surface area contributed by atoms with Crippen LogP contribution in [0.3, 0.4) is 0 Å². The van der Waals surface area contributed by atoms with E-state index in [1.165, 1.54) is 37.3 Å². The zero-order chi connectivity index (χ0) is 14.7. The molecule has 0 bridgehead atoms. The Balaban J connectivity index is 2.11. The van der Waals surface area contributed by atoms with Crippen molar-refractivity contribution in [1.82, 2.24) is 0 Å². The fourth-order valence-corrected chi connectivity index (χ4v) is 2.47. The number of benzene rings is 2. The van der Waals surface area contributed by atoms with Gasteiger partial charge in [-0.05, 0) is 36.8 Å². The van der Waals surface area contributed by atoms with E-state index >= 15 is 0 Å². The van der Waals surface area contributed by atoms with Crippen LogP contribution in [0.15, 0.2) is 41.3 Å². The number of hydrogen-bond acceptors (Lipinski definition) is 2. The molecule has 104 valence electrons. The molecule has 0 atom stereocenters. The Hall–Kier alpha value is -1.75. The Morgan fingerprint density at radius 2 is 1.85 bits per heavy atom. The number of carbonyl (C=O) groups excluding carboxylic acids is 1. The summed E-state index contributed by atoms with van der Waals surface area (Å²) in [5.41, 5.74) is -0.131. The Bertz CT molecular complexity index is 656. The van der Waals surface area contributed by atoms with Crippen molar-refractivity contribution in [1.29, 1.82) is 0 Å². The topological polar surface area (TPSA) is 17.1 Å². The van der Waals surface area contributed by atoms with Crippen molar-refractivity contribution >= 4 is 17.5 Å². The number of halogens is 3. The highest BCUT2D eigenvalue weighted by Gasteiger charge is 2.17. The lowest BCUT2D eigenvalue weighted by molar-refractivity contribution is 0.101. The van der Waals surface area contributed by atoms with Crippen LogP contribution in [0.4, 0.5) is 13.2 Å². The van der Waals surface area contributed by atoms with E-state index in [0.717, 1.165) is 11.8 Å². The molecular formula is C15H11F3OS. The van der Waals surface area contributed by atoms with Crippen molar-refractivity contribution in [2.45, 2.75) is 11.8 Å². The third-order valence-electron chi connectivity index (χ3n) is 2.74. The van der Waals surface area contributed by atoms with Gasteiger partial charge in [-0.3, -0.25) is 4.79 Å². The van der Waals surface area contributed by atoms with E-state index in [9.17, 15) is 18.0 Å². The standard InChI is InChI=1S/C15H11F3OS/c1-9-5-6-12(15(18)14(9)17)13(19)8-20-11-4-2-3-10(16)7-11/h2-7H,8H2,1H3. The van der Waals surface area contributed by atoms with Gasteiger partial charge in [0.25, 0.3) is 0 Å². The summed E-state index contributed by atoms with van der Waals surface area (Å²) in [5, 5.41) is 0. The first-order chi connectivity index (χ1) is 9.49. The van der Waals surface area contributed by atoms with Gasteiger partial charge in [0.1, 0.15) is 5.82 Å². The number of carbonyl (C=O) groups is 1. The minimum Gasteiger partial charge on any atom is -0.293 e. The summed E-state index contributed by atoms with van der Waals surface area (Å²) in [7, 11) is 0. The lowest BCUT2D eigenvalue weighted by atomic mass is 10.1. The van der Waals surface area contributed by atoms with E-state index in [2.05, 4.69) is 0 Å². The molecule has 5 heteroatoms. The minimum absolute atomic E-state index is 0.0805. The van der Waals surface area contributed by atoms with E-state index in [0.29, 0.717) is 4.90 Å². The van der Waals surface area contributed by atoms with Gasteiger partial charge in [0, 0.05) is 4.90 Å². The van der Waals surface area contributed by atoms with Crippen LogP contribution < -0.4 is 0 Å². The van der Waals surface area contributed by atoms with Gasteiger partial charge in [-0.2, -0.15) is 0 Å². The van der Waals surface area contributed by atoms with Crippen LogP contribution >= 0.6 is 11.8 Å². The van der Waals surface area contributed by atoms with Crippen LogP contribution in [0.1, 0.15) is 15.9 Å². The van der Waals surface area contributed by atoms with Crippen LogP contribution in [0.2, 0.25) is 0 Å². The maximum atomic E-state index is 13.6. The van der Waals surface area contributed by atoms with Gasteiger partial charge in [-0.1, -0.05) is 12.1 Å². The molecule has 0 unspecified atom stereocenters. The van der Waals surface area contributed by atoms with Crippen LogP contribution in [0, 0.1) is 24.4 Å². The maximum Gasteiger partial charge on any atom is 0.176 e. The van der Waals surface area contributed by atoms with Gasteiger partial charge in [-0.15, -0.1) is 11.8 Å². The maximum absolute atomic E-state index is 13.6. The third-order valence-corrected chi connectivity index (χ3v) is 3.74. The zero-order valence-corrected chi connectivity index (χ0v) is 11.4. The molecule has 0 heterocycles. The van der Waals surface area contributed by atoms with E-state index in [1.54, 1.807) is 6.07 Å². The first-order valence-corrected chi connectivity index (χ1v) is 6.84. The summed E-state index contributed by atoms with van der Waals surface area (Å²) in [6.07, 6.45) is 0. The number of thioether (sulfide) groups is 1. The van der Waals surface area contributed by atoms with Gasteiger partial charge in [-0.25, -0.2) is 13.2 Å². The molecule has 1 nitrogen and oxygen atoms in total. The monoisotopic (exact) mass is 296 g/mol. The normalized spacial score (nSPS) is 10.6. The number of rotatable bonds is 4. The quantitative estimate of drug-likeness (QED) is 0.615. The SMILES string of the molecule is Cc1ccc(C(=O)CSc2cccc(F)c2)c(F)c1F. The van der Waals surface area contributed by atoms with E-state index < -0.39 is 23.2 Å². The second-order valence-corrected chi connectivity index (χ2v) is 5.28. The molecule has 2 aromatic rings. The summed E-state index contributed by atoms with van der Waals surface area (Å²) in [6.45, 7) is 1.42. The van der Waals surface area contributed by atoms with Crippen LogP contribution in [-0.2, 0) is 0 Å². The van der Waals surface area contributed by atoms with Gasteiger partial charge in [0.05, 0.1) is 11.3 Å². The molecule has 20 heavy (non-hydrogen) atoms. The van der Waals surface area contributed by atoms with Crippen molar-refractivity contribution in [3.05, 3.63) is 65.0 Å². The highest BCUT2D eigenvalue weighted by Crippen LogP contribution is 2.22. The predicted octanol–water partition coefficient (Wildman–Crippen LogP) is 4.39. The fourth-order valence-electron chi connectivity index (χ4n) is 1.64. The number of ketones is 1. The van der Waals surface area contributed by atoms with Gasteiger partial charge in [0.2, 0.25) is 0 Å². The Morgan fingerprint density at radius 3 is 2.55 bits per heavy atom. The number of Topliss-reactive ketones (excluding diaryl/α,β-unsaturated/α-hetero) is 1. The first-order valence-electron chi connectivity index (χ1n) is 5.85. The van der Waals surface area contributed by atoms with E-state index in [-0.39, 0.29) is 16.9 Å². The van der Waals surface area contributed by atoms with Crippen molar-refractivity contribution in [2.24, 2.45) is 0 Å². The molecule has 0 spiro atoms. The van der Waals surface area contributed by atoms with Crippen molar-refractivity contribution in [3.8, 4) is 0 Å². The second-order valence-electron chi connectivity index (χ2n) is 4.23. The fraction of sp³-hybridized carbons (Fsp3) is 0.133.